The molecule has 0 spiro atoms. The fourth-order valence-corrected chi connectivity index (χ4v) is 1.80. The highest BCUT2D eigenvalue weighted by Gasteiger charge is 2.20. The lowest BCUT2D eigenvalue weighted by Gasteiger charge is -2.26. The van der Waals surface area contributed by atoms with Gasteiger partial charge >= 0.3 is 0 Å². The van der Waals surface area contributed by atoms with Gasteiger partial charge in [-0.2, -0.15) is 5.26 Å². The second-order valence-electron chi connectivity index (χ2n) is 4.13. The number of carbonyl (C=O) groups is 1. The van der Waals surface area contributed by atoms with Gasteiger partial charge in [-0.25, -0.2) is 4.39 Å². The van der Waals surface area contributed by atoms with E-state index in [0.29, 0.717) is 31.9 Å². The number of hydrogen-bond donors (Lipinski definition) is 0. The third-order valence-electron chi connectivity index (χ3n) is 2.83. The van der Waals surface area contributed by atoms with Gasteiger partial charge in [-0.3, -0.25) is 4.79 Å². The first-order valence-electron chi connectivity index (χ1n) is 5.95. The zero-order chi connectivity index (χ0) is 13.7. The largest absolute Gasteiger partial charge is 0.378 e. The maximum Gasteiger partial charge on any atom is 0.264 e. The lowest BCUT2D eigenvalue weighted by molar-refractivity contribution is -0.130. The summed E-state index contributed by atoms with van der Waals surface area (Å²) in [5.41, 5.74) is 0.674. The van der Waals surface area contributed by atoms with E-state index in [2.05, 4.69) is 0 Å². The molecule has 98 valence electrons. The molecule has 0 atom stereocenters. The van der Waals surface area contributed by atoms with Crippen molar-refractivity contribution in [3.05, 3.63) is 41.2 Å². The van der Waals surface area contributed by atoms with E-state index in [4.69, 9.17) is 10.00 Å². The first-order chi connectivity index (χ1) is 9.20. The smallest absolute Gasteiger partial charge is 0.264 e. The van der Waals surface area contributed by atoms with E-state index in [1.165, 1.54) is 30.3 Å². The predicted molar refractivity (Wildman–Crippen MR) is 67.4 cm³/mol. The molecule has 0 saturated carbocycles. The van der Waals surface area contributed by atoms with Crippen molar-refractivity contribution < 1.29 is 13.9 Å². The summed E-state index contributed by atoms with van der Waals surface area (Å²) < 4.78 is 17.9. The summed E-state index contributed by atoms with van der Waals surface area (Å²) >= 11 is 0. The molecule has 1 heterocycles. The van der Waals surface area contributed by atoms with Crippen LogP contribution in [0.1, 0.15) is 5.56 Å². The number of morpholine rings is 1. The van der Waals surface area contributed by atoms with Crippen LogP contribution in [0.5, 0.6) is 0 Å². The Balaban J connectivity index is 2.17. The molecule has 0 aliphatic carbocycles. The van der Waals surface area contributed by atoms with E-state index >= 15 is 0 Å². The first-order valence-corrected chi connectivity index (χ1v) is 5.95. The normalized spacial score (nSPS) is 16.0. The SMILES string of the molecule is N#CC(=Cc1ccc(F)cc1)C(=O)N1CCOCC1. The van der Waals surface area contributed by atoms with Crippen LogP contribution < -0.4 is 0 Å². The van der Waals surface area contributed by atoms with Crippen molar-refractivity contribution in [2.24, 2.45) is 0 Å². The fraction of sp³-hybridized carbons (Fsp3) is 0.286. The van der Waals surface area contributed by atoms with Crippen molar-refractivity contribution in [1.29, 1.82) is 5.26 Å². The van der Waals surface area contributed by atoms with Gasteiger partial charge in [0.25, 0.3) is 5.91 Å². The molecule has 1 aromatic carbocycles. The van der Waals surface area contributed by atoms with Crippen molar-refractivity contribution in [1.82, 2.24) is 4.90 Å². The number of carbonyl (C=O) groups excluding carboxylic acids is 1. The Morgan fingerprint density at radius 3 is 2.53 bits per heavy atom. The van der Waals surface area contributed by atoms with Crippen molar-refractivity contribution >= 4 is 12.0 Å². The highest BCUT2D eigenvalue weighted by molar-refractivity contribution is 6.01. The van der Waals surface area contributed by atoms with Crippen molar-refractivity contribution in [2.45, 2.75) is 0 Å². The summed E-state index contributed by atoms with van der Waals surface area (Å²) in [6.07, 6.45) is 1.47. The van der Waals surface area contributed by atoms with Crippen LogP contribution in [0.15, 0.2) is 29.8 Å². The summed E-state index contributed by atoms with van der Waals surface area (Å²) in [6, 6.07) is 7.54. The molecule has 19 heavy (non-hydrogen) atoms. The van der Waals surface area contributed by atoms with Crippen LogP contribution in [0, 0.1) is 17.1 Å². The minimum Gasteiger partial charge on any atom is -0.378 e. The average Bonchev–Trinajstić information content (AvgIpc) is 2.47. The molecule has 5 heteroatoms. The highest BCUT2D eigenvalue weighted by atomic mass is 19.1. The van der Waals surface area contributed by atoms with E-state index < -0.39 is 0 Å². The molecular weight excluding hydrogens is 247 g/mol. The topological polar surface area (TPSA) is 53.3 Å². The Morgan fingerprint density at radius 2 is 1.95 bits per heavy atom. The molecule has 1 aliphatic rings. The Labute approximate surface area is 110 Å². The molecule has 0 unspecified atom stereocenters. The molecule has 1 fully saturated rings. The maximum absolute atomic E-state index is 12.8. The number of halogens is 1. The van der Waals surface area contributed by atoms with Gasteiger partial charge in [-0.15, -0.1) is 0 Å². The van der Waals surface area contributed by atoms with Gasteiger partial charge < -0.3 is 9.64 Å². The number of ether oxygens (including phenoxy) is 1. The van der Waals surface area contributed by atoms with Crippen LogP contribution in [-0.4, -0.2) is 37.1 Å². The van der Waals surface area contributed by atoms with Crippen LogP contribution in [0.4, 0.5) is 4.39 Å². The molecule has 0 N–H and O–H groups in total. The van der Waals surface area contributed by atoms with Crippen LogP contribution in [0.2, 0.25) is 0 Å². The molecule has 0 bridgehead atoms. The number of hydrogen-bond acceptors (Lipinski definition) is 3. The van der Waals surface area contributed by atoms with Crippen LogP contribution >= 0.6 is 0 Å². The van der Waals surface area contributed by atoms with Crippen molar-refractivity contribution in [3.63, 3.8) is 0 Å². The monoisotopic (exact) mass is 260 g/mol. The van der Waals surface area contributed by atoms with Crippen LogP contribution in [0.25, 0.3) is 6.08 Å². The fourth-order valence-electron chi connectivity index (χ4n) is 1.80. The van der Waals surface area contributed by atoms with Gasteiger partial charge in [0.05, 0.1) is 13.2 Å². The average molecular weight is 260 g/mol. The lowest BCUT2D eigenvalue weighted by atomic mass is 10.1. The second kappa shape index (κ2) is 6.12. The van der Waals surface area contributed by atoms with Gasteiger partial charge in [0.1, 0.15) is 17.5 Å². The molecule has 1 amide bonds. The van der Waals surface area contributed by atoms with E-state index in [1.54, 1.807) is 4.90 Å². The number of nitriles is 1. The third kappa shape index (κ3) is 3.39. The van der Waals surface area contributed by atoms with Gasteiger partial charge in [0.2, 0.25) is 0 Å². The molecule has 4 nitrogen and oxygen atoms in total. The number of nitrogens with zero attached hydrogens (tertiary/aromatic N) is 2. The van der Waals surface area contributed by atoms with Crippen LogP contribution in [0.3, 0.4) is 0 Å². The second-order valence-corrected chi connectivity index (χ2v) is 4.13. The van der Waals surface area contributed by atoms with E-state index in [0.717, 1.165) is 0 Å². The minimum absolute atomic E-state index is 0.0495. The maximum atomic E-state index is 12.8. The third-order valence-corrected chi connectivity index (χ3v) is 2.83. The van der Waals surface area contributed by atoms with Gasteiger partial charge in [-0.1, -0.05) is 12.1 Å². The highest BCUT2D eigenvalue weighted by Crippen LogP contribution is 2.11. The number of amides is 1. The summed E-state index contributed by atoms with van der Waals surface area (Å²) in [5.74, 6) is -0.662. The van der Waals surface area contributed by atoms with E-state index in [9.17, 15) is 9.18 Å². The minimum atomic E-state index is -0.352. The van der Waals surface area contributed by atoms with Crippen molar-refractivity contribution in [2.75, 3.05) is 26.3 Å². The molecule has 0 radical (unpaired) electrons. The van der Waals surface area contributed by atoms with Gasteiger partial charge in [0, 0.05) is 13.1 Å². The summed E-state index contributed by atoms with van der Waals surface area (Å²) in [7, 11) is 0. The lowest BCUT2D eigenvalue weighted by Crippen LogP contribution is -2.41. The zero-order valence-electron chi connectivity index (χ0n) is 10.3. The molecule has 2 rings (SSSR count). The summed E-state index contributed by atoms with van der Waals surface area (Å²) in [6.45, 7) is 1.95. The predicted octanol–water partition coefficient (Wildman–Crippen LogP) is 1.59. The van der Waals surface area contributed by atoms with Crippen molar-refractivity contribution in [3.8, 4) is 6.07 Å². The van der Waals surface area contributed by atoms with E-state index in [1.807, 2.05) is 6.07 Å². The molecule has 1 saturated heterocycles. The molecular formula is C14H13FN2O2. The summed E-state index contributed by atoms with van der Waals surface area (Å²) in [4.78, 5) is 13.7. The Bertz CT molecular complexity index is 525. The number of benzene rings is 1. The Morgan fingerprint density at radius 1 is 1.32 bits per heavy atom. The molecule has 1 aliphatic heterocycles. The Hall–Kier alpha value is -2.19. The number of rotatable bonds is 2. The molecule has 0 aromatic heterocycles. The van der Waals surface area contributed by atoms with Gasteiger partial charge in [-0.05, 0) is 23.8 Å². The zero-order valence-corrected chi connectivity index (χ0v) is 10.3. The quantitative estimate of drug-likeness (QED) is 0.599. The Kier molecular flexibility index (Phi) is 4.26. The van der Waals surface area contributed by atoms with Gasteiger partial charge in [0.15, 0.2) is 0 Å². The first kappa shape index (κ1) is 13.2. The summed E-state index contributed by atoms with van der Waals surface area (Å²) in [5, 5.41) is 9.07. The standard InChI is InChI=1S/C14H13FN2O2/c15-13-3-1-11(2-4-13)9-12(10-16)14(18)17-5-7-19-8-6-17/h1-4,9H,5-8H2. The molecule has 1 aromatic rings. The van der Waals surface area contributed by atoms with E-state index in [-0.39, 0.29) is 17.3 Å². The van der Waals surface area contributed by atoms with Crippen LogP contribution in [-0.2, 0) is 9.53 Å².